The summed E-state index contributed by atoms with van der Waals surface area (Å²) in [5.74, 6) is -1.55. The second-order valence-electron chi connectivity index (χ2n) is 4.52. The van der Waals surface area contributed by atoms with Crippen molar-refractivity contribution in [1.29, 1.82) is 0 Å². The van der Waals surface area contributed by atoms with Crippen LogP contribution in [0.1, 0.15) is 9.67 Å². The molecule has 1 aromatic rings. The highest BCUT2D eigenvalue weighted by atomic mass is 32.2. The van der Waals surface area contributed by atoms with Gasteiger partial charge in [0.15, 0.2) is 0 Å². The molecule has 0 saturated carbocycles. The van der Waals surface area contributed by atoms with Crippen molar-refractivity contribution >= 4 is 33.2 Å². The van der Waals surface area contributed by atoms with Crippen LogP contribution in [0.3, 0.4) is 0 Å². The van der Waals surface area contributed by atoms with Crippen molar-refractivity contribution in [2.24, 2.45) is 5.14 Å². The molecule has 1 saturated heterocycles. The molecule has 2 N–H and O–H groups in total. The van der Waals surface area contributed by atoms with Gasteiger partial charge in [-0.2, -0.15) is 13.2 Å². The van der Waals surface area contributed by atoms with Crippen molar-refractivity contribution in [2.75, 3.05) is 19.8 Å². The van der Waals surface area contributed by atoms with Crippen LogP contribution in [0, 0.1) is 0 Å². The molecule has 1 aliphatic heterocycles. The van der Waals surface area contributed by atoms with Gasteiger partial charge in [-0.3, -0.25) is 9.59 Å². The number of thiophene rings is 1. The van der Waals surface area contributed by atoms with E-state index in [2.05, 4.69) is 0 Å². The zero-order valence-electron chi connectivity index (χ0n) is 10.8. The molecule has 0 spiro atoms. The summed E-state index contributed by atoms with van der Waals surface area (Å²) in [4.78, 5) is 25.0. The Balaban J connectivity index is 2.11. The molecule has 2 rings (SSSR count). The van der Waals surface area contributed by atoms with Crippen LogP contribution in [0.2, 0.25) is 0 Å². The summed E-state index contributed by atoms with van der Waals surface area (Å²) >= 11 is 0.594. The lowest BCUT2D eigenvalue weighted by molar-refractivity contribution is -0.157. The minimum absolute atomic E-state index is 0.0225. The van der Waals surface area contributed by atoms with Gasteiger partial charge in [0, 0.05) is 0 Å². The predicted molar refractivity (Wildman–Crippen MR) is 69.4 cm³/mol. The Labute approximate surface area is 127 Å². The maximum atomic E-state index is 12.3. The summed E-state index contributed by atoms with van der Waals surface area (Å²) in [6, 6.07) is 2.32. The molecule has 1 fully saturated rings. The van der Waals surface area contributed by atoms with Gasteiger partial charge >= 0.3 is 6.18 Å². The number of sulfonamides is 1. The van der Waals surface area contributed by atoms with Gasteiger partial charge in [0.05, 0.1) is 11.5 Å². The van der Waals surface area contributed by atoms with Crippen molar-refractivity contribution < 1.29 is 31.2 Å². The number of halogens is 3. The van der Waals surface area contributed by atoms with Crippen LogP contribution in [0.25, 0.3) is 0 Å². The molecule has 12 heteroatoms. The fourth-order valence-corrected chi connectivity index (χ4v) is 3.53. The number of nitrogens with zero attached hydrogens (tertiary/aromatic N) is 2. The molecule has 2 heterocycles. The Morgan fingerprint density at radius 3 is 2.50 bits per heavy atom. The second-order valence-corrected chi connectivity index (χ2v) is 7.39. The van der Waals surface area contributed by atoms with Gasteiger partial charge in [-0.1, -0.05) is 0 Å². The fraction of sp³-hybridized carbons (Fsp3) is 0.400. The van der Waals surface area contributed by atoms with Crippen molar-refractivity contribution in [1.82, 2.24) is 9.80 Å². The zero-order chi connectivity index (χ0) is 16.7. The van der Waals surface area contributed by atoms with E-state index in [1.165, 1.54) is 6.07 Å². The standard InChI is InChI=1S/C10H10F3N3O4S2/c11-10(12,13)4-16-5-15(3-7(16)17)9(18)6-1-2-8(21-6)22(14,19)20/h1-2H,3-5H2,(H2,14,19,20). The lowest BCUT2D eigenvalue weighted by atomic mass is 10.4. The Hall–Kier alpha value is -1.66. The molecule has 1 aromatic heterocycles. The number of primary sulfonamides is 1. The molecule has 0 bridgehead atoms. The lowest BCUT2D eigenvalue weighted by Crippen LogP contribution is -2.37. The molecule has 2 amide bonds. The summed E-state index contributed by atoms with van der Waals surface area (Å²) < 4.78 is 58.9. The van der Waals surface area contributed by atoms with Gasteiger partial charge in [-0.15, -0.1) is 11.3 Å². The molecule has 22 heavy (non-hydrogen) atoms. The number of carbonyl (C=O) groups is 2. The number of nitrogens with two attached hydrogens (primary N) is 1. The number of hydrogen-bond acceptors (Lipinski definition) is 5. The highest BCUT2D eigenvalue weighted by Crippen LogP contribution is 2.24. The molecule has 1 aliphatic rings. The van der Waals surface area contributed by atoms with E-state index in [-0.39, 0.29) is 9.09 Å². The smallest absolute Gasteiger partial charge is 0.314 e. The second kappa shape index (κ2) is 5.52. The highest BCUT2D eigenvalue weighted by molar-refractivity contribution is 7.91. The summed E-state index contributed by atoms with van der Waals surface area (Å²) in [5, 5.41) is 4.91. The van der Waals surface area contributed by atoms with E-state index in [9.17, 15) is 31.2 Å². The normalized spacial score (nSPS) is 16.5. The van der Waals surface area contributed by atoms with E-state index in [0.29, 0.717) is 16.2 Å². The minimum Gasteiger partial charge on any atom is -0.314 e. The van der Waals surface area contributed by atoms with E-state index >= 15 is 0 Å². The quantitative estimate of drug-likeness (QED) is 0.835. The van der Waals surface area contributed by atoms with E-state index in [1.54, 1.807) is 0 Å². The van der Waals surface area contributed by atoms with Gasteiger partial charge in [-0.05, 0) is 12.1 Å². The average Bonchev–Trinajstić information content (AvgIpc) is 2.94. The summed E-state index contributed by atoms with van der Waals surface area (Å²) in [6.45, 7) is -2.43. The fourth-order valence-electron chi connectivity index (χ4n) is 1.83. The van der Waals surface area contributed by atoms with E-state index in [0.717, 1.165) is 11.0 Å². The minimum atomic E-state index is -4.56. The van der Waals surface area contributed by atoms with Crippen LogP contribution in [0.4, 0.5) is 13.2 Å². The maximum absolute atomic E-state index is 12.3. The first kappa shape index (κ1) is 16.7. The topological polar surface area (TPSA) is 101 Å². The summed E-state index contributed by atoms with van der Waals surface area (Å²) in [5.41, 5.74) is 0. The van der Waals surface area contributed by atoms with Gasteiger partial charge in [0.2, 0.25) is 15.9 Å². The monoisotopic (exact) mass is 357 g/mol. The Morgan fingerprint density at radius 2 is 2.00 bits per heavy atom. The van der Waals surface area contributed by atoms with Crippen molar-refractivity contribution in [3.8, 4) is 0 Å². The molecule has 0 atom stereocenters. The molecule has 0 aliphatic carbocycles. The molecular formula is C10H10F3N3O4S2. The number of amides is 2. The third-order valence-corrected chi connectivity index (χ3v) is 5.26. The molecule has 122 valence electrons. The number of rotatable bonds is 3. The predicted octanol–water partition coefficient (Wildman–Crippen LogP) is 0.200. The molecule has 0 aromatic carbocycles. The summed E-state index contributed by atoms with van der Waals surface area (Å²) in [6.07, 6.45) is -4.56. The van der Waals surface area contributed by atoms with Crippen LogP contribution in [-0.2, 0) is 14.8 Å². The Kier molecular flexibility index (Phi) is 4.19. The van der Waals surface area contributed by atoms with Gasteiger partial charge < -0.3 is 9.80 Å². The van der Waals surface area contributed by atoms with Gasteiger partial charge in [0.1, 0.15) is 17.3 Å². The largest absolute Gasteiger partial charge is 0.406 e. The van der Waals surface area contributed by atoms with Crippen LogP contribution in [-0.4, -0.2) is 56.0 Å². The van der Waals surface area contributed by atoms with Crippen LogP contribution in [0.15, 0.2) is 16.3 Å². The maximum Gasteiger partial charge on any atom is 0.406 e. The van der Waals surface area contributed by atoms with Crippen LogP contribution in [0.5, 0.6) is 0 Å². The third-order valence-electron chi connectivity index (χ3n) is 2.75. The SMILES string of the molecule is NS(=O)(=O)c1ccc(C(=O)N2CC(=O)N(CC(F)(F)F)C2)s1. The molecule has 7 nitrogen and oxygen atoms in total. The first-order chi connectivity index (χ1) is 9.97. The Bertz CT molecular complexity index is 713. The highest BCUT2D eigenvalue weighted by Gasteiger charge is 2.39. The average molecular weight is 357 g/mol. The van der Waals surface area contributed by atoms with E-state index in [1.807, 2.05) is 0 Å². The van der Waals surface area contributed by atoms with Crippen LogP contribution < -0.4 is 5.14 Å². The van der Waals surface area contributed by atoms with E-state index < -0.39 is 47.8 Å². The Morgan fingerprint density at radius 1 is 1.36 bits per heavy atom. The van der Waals surface area contributed by atoms with Crippen molar-refractivity contribution in [2.45, 2.75) is 10.4 Å². The first-order valence-corrected chi connectivity index (χ1v) is 8.10. The summed E-state index contributed by atoms with van der Waals surface area (Å²) in [7, 11) is -3.96. The molecule has 0 radical (unpaired) electrons. The number of carbonyl (C=O) groups excluding carboxylic acids is 2. The van der Waals surface area contributed by atoms with Gasteiger partial charge in [0.25, 0.3) is 5.91 Å². The van der Waals surface area contributed by atoms with Crippen LogP contribution >= 0.6 is 11.3 Å². The number of hydrogen-bond donors (Lipinski definition) is 1. The van der Waals surface area contributed by atoms with Gasteiger partial charge in [-0.25, -0.2) is 13.6 Å². The number of alkyl halides is 3. The van der Waals surface area contributed by atoms with Crippen molar-refractivity contribution in [3.63, 3.8) is 0 Å². The first-order valence-electron chi connectivity index (χ1n) is 5.74. The zero-order valence-corrected chi connectivity index (χ0v) is 12.5. The molecular weight excluding hydrogens is 347 g/mol. The van der Waals surface area contributed by atoms with E-state index in [4.69, 9.17) is 5.14 Å². The molecule has 0 unspecified atom stereocenters. The van der Waals surface area contributed by atoms with Crippen molar-refractivity contribution in [3.05, 3.63) is 17.0 Å². The lowest BCUT2D eigenvalue weighted by Gasteiger charge is -2.18. The third kappa shape index (κ3) is 3.75.